The van der Waals surface area contributed by atoms with E-state index in [1.165, 1.54) is 12.1 Å². The van der Waals surface area contributed by atoms with E-state index in [1.54, 1.807) is 0 Å². The molecule has 2 rings (SSSR count). The van der Waals surface area contributed by atoms with E-state index in [0.717, 1.165) is 16.1 Å². The normalized spacial score (nSPS) is 10.4. The number of nitro groups is 1. The molecule has 0 saturated carbocycles. The first kappa shape index (κ1) is 15.9. The maximum Gasteiger partial charge on any atom is 0.305 e. The van der Waals surface area contributed by atoms with Crippen molar-refractivity contribution >= 4 is 37.5 Å². The largest absolute Gasteiger partial charge is 0.487 e. The quantitative estimate of drug-likeness (QED) is 0.391. The van der Waals surface area contributed by atoms with Crippen molar-refractivity contribution in [2.75, 3.05) is 0 Å². The zero-order valence-corrected chi connectivity index (χ0v) is 13.9. The minimum Gasteiger partial charge on any atom is -0.487 e. The summed E-state index contributed by atoms with van der Waals surface area (Å²) in [7, 11) is 0. The minimum absolute atomic E-state index is 0.0872. The van der Waals surface area contributed by atoms with Crippen LogP contribution in [0, 0.1) is 15.9 Å². The number of nitrogens with zero attached hydrogens (tertiary/aromatic N) is 1. The summed E-state index contributed by atoms with van der Waals surface area (Å²) in [5, 5.41) is 11.3. The average Bonchev–Trinajstić information content (AvgIpc) is 2.46. The van der Waals surface area contributed by atoms with Crippen LogP contribution in [-0.4, -0.2) is 4.92 Å². The molecule has 0 aliphatic carbocycles. The van der Waals surface area contributed by atoms with Crippen molar-refractivity contribution in [1.29, 1.82) is 0 Å². The fourth-order valence-corrected chi connectivity index (χ4v) is 2.75. The van der Waals surface area contributed by atoms with Crippen LogP contribution in [-0.2, 0) is 11.9 Å². The van der Waals surface area contributed by atoms with E-state index >= 15 is 0 Å². The first-order chi connectivity index (χ1) is 10.0. The number of halogens is 3. The Hall–Kier alpha value is -1.47. The van der Waals surface area contributed by atoms with Gasteiger partial charge < -0.3 is 4.74 Å². The molecule has 0 atom stereocenters. The second kappa shape index (κ2) is 7.00. The number of ether oxygens (including phenoxy) is 1. The summed E-state index contributed by atoms with van der Waals surface area (Å²) in [6, 6.07) is 9.57. The third kappa shape index (κ3) is 3.59. The third-order valence-electron chi connectivity index (χ3n) is 2.82. The van der Waals surface area contributed by atoms with E-state index < -0.39 is 16.4 Å². The average molecular weight is 419 g/mol. The van der Waals surface area contributed by atoms with Crippen LogP contribution in [0.2, 0.25) is 0 Å². The first-order valence-electron chi connectivity index (χ1n) is 5.92. The van der Waals surface area contributed by atoms with Gasteiger partial charge in [-0.1, -0.05) is 40.2 Å². The fourth-order valence-electron chi connectivity index (χ4n) is 1.79. The van der Waals surface area contributed by atoms with Crippen LogP contribution in [0.3, 0.4) is 0 Å². The number of alkyl halides is 1. The maximum atomic E-state index is 14.0. The number of hydrogen-bond acceptors (Lipinski definition) is 3. The van der Waals surface area contributed by atoms with Crippen molar-refractivity contribution in [3.8, 4) is 5.75 Å². The van der Waals surface area contributed by atoms with Crippen molar-refractivity contribution in [3.05, 3.63) is 67.9 Å². The molecule has 0 aliphatic rings. The molecule has 0 unspecified atom stereocenters. The van der Waals surface area contributed by atoms with Gasteiger partial charge in [-0.15, -0.1) is 0 Å². The van der Waals surface area contributed by atoms with Gasteiger partial charge in [0, 0.05) is 22.5 Å². The lowest BCUT2D eigenvalue weighted by molar-refractivity contribution is -0.387. The van der Waals surface area contributed by atoms with E-state index in [9.17, 15) is 14.5 Å². The van der Waals surface area contributed by atoms with Crippen molar-refractivity contribution < 1.29 is 14.1 Å². The van der Waals surface area contributed by atoms with Gasteiger partial charge in [-0.2, -0.15) is 4.39 Å². The van der Waals surface area contributed by atoms with Crippen LogP contribution in [0.5, 0.6) is 5.75 Å². The van der Waals surface area contributed by atoms with Gasteiger partial charge in [-0.05, 0) is 22.0 Å². The van der Waals surface area contributed by atoms with Gasteiger partial charge >= 0.3 is 5.69 Å². The Morgan fingerprint density at radius 1 is 1.19 bits per heavy atom. The Morgan fingerprint density at radius 2 is 1.86 bits per heavy atom. The van der Waals surface area contributed by atoms with Gasteiger partial charge in [0.05, 0.1) is 9.40 Å². The predicted molar refractivity (Wildman–Crippen MR) is 84.2 cm³/mol. The monoisotopic (exact) mass is 417 g/mol. The molecule has 110 valence electrons. The Balaban J connectivity index is 2.25. The molecule has 0 aromatic heterocycles. The van der Waals surface area contributed by atoms with Crippen LogP contribution >= 0.6 is 31.9 Å². The fraction of sp³-hybridized carbons (Fsp3) is 0.143. The van der Waals surface area contributed by atoms with Crippen molar-refractivity contribution in [2.45, 2.75) is 11.9 Å². The maximum absolute atomic E-state index is 14.0. The zero-order chi connectivity index (χ0) is 15.4. The highest BCUT2D eigenvalue weighted by atomic mass is 79.9. The molecule has 4 nitrogen and oxygen atoms in total. The molecule has 7 heteroatoms. The van der Waals surface area contributed by atoms with E-state index in [0.29, 0.717) is 11.1 Å². The highest BCUT2D eigenvalue weighted by molar-refractivity contribution is 9.10. The number of benzene rings is 2. The third-order valence-corrected chi connectivity index (χ3v) is 4.05. The molecular formula is C14H10Br2FNO3. The summed E-state index contributed by atoms with van der Waals surface area (Å²) in [6.07, 6.45) is 0. The highest BCUT2D eigenvalue weighted by Crippen LogP contribution is 2.31. The molecule has 2 aromatic rings. The lowest BCUT2D eigenvalue weighted by atomic mass is 10.2. The van der Waals surface area contributed by atoms with Gasteiger partial charge in [0.1, 0.15) is 12.4 Å². The smallest absolute Gasteiger partial charge is 0.305 e. The van der Waals surface area contributed by atoms with E-state index in [1.807, 2.05) is 18.2 Å². The SMILES string of the molecule is O=[N+]([O-])c1cccc(COc2c(Br)cccc2CBr)c1F. The second-order valence-electron chi connectivity index (χ2n) is 4.16. The zero-order valence-electron chi connectivity index (χ0n) is 10.7. The summed E-state index contributed by atoms with van der Waals surface area (Å²) >= 11 is 6.72. The summed E-state index contributed by atoms with van der Waals surface area (Å²) in [4.78, 5) is 9.96. The first-order valence-corrected chi connectivity index (χ1v) is 7.84. The summed E-state index contributed by atoms with van der Waals surface area (Å²) in [5.41, 5.74) is 0.486. The molecule has 0 bridgehead atoms. The van der Waals surface area contributed by atoms with Gasteiger partial charge in [-0.3, -0.25) is 10.1 Å². The van der Waals surface area contributed by atoms with Gasteiger partial charge in [0.25, 0.3) is 0 Å². The van der Waals surface area contributed by atoms with Crippen LogP contribution in [0.1, 0.15) is 11.1 Å². The molecule has 21 heavy (non-hydrogen) atoms. The molecule has 0 spiro atoms. The lowest BCUT2D eigenvalue weighted by Crippen LogP contribution is -2.03. The summed E-state index contributed by atoms with van der Waals surface area (Å²) < 4.78 is 20.3. The van der Waals surface area contributed by atoms with Gasteiger partial charge in [0.2, 0.25) is 5.82 Å². The topological polar surface area (TPSA) is 52.4 Å². The molecule has 0 aliphatic heterocycles. The number of hydrogen-bond donors (Lipinski definition) is 0. The van der Waals surface area contributed by atoms with Crippen LogP contribution in [0.15, 0.2) is 40.9 Å². The molecule has 2 aromatic carbocycles. The number of rotatable bonds is 5. The molecular weight excluding hydrogens is 409 g/mol. The molecule has 0 amide bonds. The standard InChI is InChI=1S/C14H10Br2FNO3/c15-7-9-3-1-5-11(16)14(9)21-8-10-4-2-6-12(13(10)17)18(19)20/h1-6H,7-8H2. The molecule has 0 heterocycles. The van der Waals surface area contributed by atoms with Crippen LogP contribution < -0.4 is 4.74 Å². The molecule has 0 N–H and O–H groups in total. The van der Waals surface area contributed by atoms with Crippen molar-refractivity contribution in [2.24, 2.45) is 0 Å². The van der Waals surface area contributed by atoms with Gasteiger partial charge in [0.15, 0.2) is 0 Å². The Labute approximate surface area is 137 Å². The number of para-hydroxylation sites is 1. The molecule has 0 fully saturated rings. The van der Waals surface area contributed by atoms with E-state index in [4.69, 9.17) is 4.74 Å². The van der Waals surface area contributed by atoms with Gasteiger partial charge in [-0.25, -0.2) is 0 Å². The van der Waals surface area contributed by atoms with E-state index in [2.05, 4.69) is 31.9 Å². The Morgan fingerprint density at radius 3 is 2.52 bits per heavy atom. The summed E-state index contributed by atoms with van der Waals surface area (Å²) in [5.74, 6) is -0.282. The predicted octanol–water partition coefficient (Wildman–Crippen LogP) is 4.97. The molecule has 0 saturated heterocycles. The summed E-state index contributed by atoms with van der Waals surface area (Å²) in [6.45, 7) is -0.0872. The molecule has 0 radical (unpaired) electrons. The van der Waals surface area contributed by atoms with Crippen molar-refractivity contribution in [1.82, 2.24) is 0 Å². The Bertz CT molecular complexity index is 679. The second-order valence-corrected chi connectivity index (χ2v) is 5.57. The minimum atomic E-state index is -0.866. The van der Waals surface area contributed by atoms with Crippen molar-refractivity contribution in [3.63, 3.8) is 0 Å². The lowest BCUT2D eigenvalue weighted by Gasteiger charge is -2.12. The van der Waals surface area contributed by atoms with Crippen LogP contribution in [0.25, 0.3) is 0 Å². The Kier molecular flexibility index (Phi) is 5.30. The van der Waals surface area contributed by atoms with Crippen LogP contribution in [0.4, 0.5) is 10.1 Å². The van der Waals surface area contributed by atoms with E-state index in [-0.39, 0.29) is 12.2 Å². The number of nitro benzene ring substituents is 1. The highest BCUT2D eigenvalue weighted by Gasteiger charge is 2.18.